The van der Waals surface area contributed by atoms with E-state index in [1.807, 2.05) is 0 Å². The van der Waals surface area contributed by atoms with Crippen molar-refractivity contribution in [2.24, 2.45) is 5.92 Å². The highest BCUT2D eigenvalue weighted by Gasteiger charge is 2.41. The van der Waals surface area contributed by atoms with Crippen molar-refractivity contribution in [2.45, 2.75) is 31.2 Å². The normalized spacial score (nSPS) is 19.6. The maximum absolute atomic E-state index is 12.8. The van der Waals surface area contributed by atoms with E-state index in [1.54, 1.807) is 0 Å². The van der Waals surface area contributed by atoms with E-state index in [0.717, 1.165) is 18.9 Å². The minimum Gasteiger partial charge on any atom is -0.386 e. The Labute approximate surface area is 103 Å². The summed E-state index contributed by atoms with van der Waals surface area (Å²) in [7, 11) is 1.42. The van der Waals surface area contributed by atoms with Crippen LogP contribution in [-0.4, -0.2) is 18.3 Å². The van der Waals surface area contributed by atoms with Crippen molar-refractivity contribution in [1.29, 1.82) is 0 Å². The van der Waals surface area contributed by atoms with Gasteiger partial charge in [-0.15, -0.1) is 0 Å². The van der Waals surface area contributed by atoms with Gasteiger partial charge in [-0.25, -0.2) is 0 Å². The number of alkyl halides is 3. The predicted molar refractivity (Wildman–Crippen MR) is 59.9 cm³/mol. The number of hydrogen-bond acceptors (Lipinski definition) is 2. The first-order chi connectivity index (χ1) is 8.45. The first-order valence-electron chi connectivity index (χ1n) is 5.82. The van der Waals surface area contributed by atoms with Crippen LogP contribution in [0.15, 0.2) is 24.3 Å². The van der Waals surface area contributed by atoms with Gasteiger partial charge in [0.2, 0.25) is 0 Å². The molecule has 0 aliphatic heterocycles. The van der Waals surface area contributed by atoms with E-state index in [9.17, 15) is 18.3 Å². The van der Waals surface area contributed by atoms with Gasteiger partial charge in [-0.2, -0.15) is 13.2 Å². The molecule has 2 nitrogen and oxygen atoms in total. The minimum atomic E-state index is -4.46. The third-order valence-electron chi connectivity index (χ3n) is 3.25. The largest absolute Gasteiger partial charge is 0.416 e. The number of hydrogen-bond donors (Lipinski definition) is 1. The standard InChI is InChI=1S/C13H15F3O2/c1-18-12(8-6-7-8)11(17)9-4-2-3-5-10(9)13(14,15)16/h2-5,8,11-12,17H,6-7H2,1H3. The van der Waals surface area contributed by atoms with Crippen molar-refractivity contribution in [3.05, 3.63) is 35.4 Å². The lowest BCUT2D eigenvalue weighted by molar-refractivity contribution is -0.140. The van der Waals surface area contributed by atoms with Gasteiger partial charge in [0.1, 0.15) is 6.10 Å². The van der Waals surface area contributed by atoms with Crippen LogP contribution >= 0.6 is 0 Å². The molecule has 5 heteroatoms. The van der Waals surface area contributed by atoms with E-state index in [4.69, 9.17) is 4.74 Å². The zero-order valence-electron chi connectivity index (χ0n) is 9.95. The van der Waals surface area contributed by atoms with Gasteiger partial charge < -0.3 is 9.84 Å². The molecule has 2 atom stereocenters. The van der Waals surface area contributed by atoms with Crippen molar-refractivity contribution in [3.63, 3.8) is 0 Å². The van der Waals surface area contributed by atoms with Crippen molar-refractivity contribution < 1.29 is 23.0 Å². The van der Waals surface area contributed by atoms with Gasteiger partial charge in [0.25, 0.3) is 0 Å². The van der Waals surface area contributed by atoms with Gasteiger partial charge in [-0.3, -0.25) is 0 Å². The molecule has 1 aliphatic rings. The quantitative estimate of drug-likeness (QED) is 0.901. The number of benzene rings is 1. The molecule has 1 aromatic rings. The predicted octanol–water partition coefficient (Wildman–Crippen LogP) is 3.16. The summed E-state index contributed by atoms with van der Waals surface area (Å²) in [6.45, 7) is 0. The molecule has 0 bridgehead atoms. The lowest BCUT2D eigenvalue weighted by Gasteiger charge is -2.24. The Morgan fingerprint density at radius 2 is 1.89 bits per heavy atom. The molecule has 0 spiro atoms. The third kappa shape index (κ3) is 2.67. The topological polar surface area (TPSA) is 29.5 Å². The van der Waals surface area contributed by atoms with Crippen LogP contribution in [0.25, 0.3) is 0 Å². The number of methoxy groups -OCH3 is 1. The van der Waals surface area contributed by atoms with E-state index < -0.39 is 23.9 Å². The van der Waals surface area contributed by atoms with Gasteiger partial charge >= 0.3 is 6.18 Å². The summed E-state index contributed by atoms with van der Waals surface area (Å²) in [5, 5.41) is 10.1. The Hall–Kier alpha value is -1.07. The summed E-state index contributed by atoms with van der Waals surface area (Å²) in [4.78, 5) is 0. The maximum atomic E-state index is 12.8. The lowest BCUT2D eigenvalue weighted by Crippen LogP contribution is -2.25. The highest BCUT2D eigenvalue weighted by Crippen LogP contribution is 2.42. The van der Waals surface area contributed by atoms with Crippen LogP contribution in [0, 0.1) is 5.92 Å². The fraction of sp³-hybridized carbons (Fsp3) is 0.538. The Kier molecular flexibility index (Phi) is 3.64. The van der Waals surface area contributed by atoms with Crippen LogP contribution in [-0.2, 0) is 10.9 Å². The molecule has 0 radical (unpaired) electrons. The minimum absolute atomic E-state index is 0.108. The van der Waals surface area contributed by atoms with Gasteiger partial charge in [-0.05, 0) is 30.4 Å². The molecular weight excluding hydrogens is 245 g/mol. The molecule has 1 N–H and O–H groups in total. The van der Waals surface area contributed by atoms with Gasteiger partial charge in [0.15, 0.2) is 0 Å². The Bertz CT molecular complexity index is 413. The Balaban J connectivity index is 2.31. The molecule has 0 amide bonds. The summed E-state index contributed by atoms with van der Waals surface area (Å²) >= 11 is 0. The molecule has 18 heavy (non-hydrogen) atoms. The molecule has 0 heterocycles. The fourth-order valence-electron chi connectivity index (χ4n) is 2.19. The molecule has 0 aromatic heterocycles. The van der Waals surface area contributed by atoms with E-state index in [0.29, 0.717) is 0 Å². The highest BCUT2D eigenvalue weighted by molar-refractivity contribution is 5.32. The number of aliphatic hydroxyl groups excluding tert-OH is 1. The average Bonchev–Trinajstić information content (AvgIpc) is 3.13. The van der Waals surface area contributed by atoms with Crippen LogP contribution in [0.4, 0.5) is 13.2 Å². The molecule has 1 fully saturated rings. The van der Waals surface area contributed by atoms with Crippen LogP contribution < -0.4 is 0 Å². The van der Waals surface area contributed by atoms with Crippen molar-refractivity contribution in [2.75, 3.05) is 7.11 Å². The van der Waals surface area contributed by atoms with E-state index in [-0.39, 0.29) is 11.5 Å². The van der Waals surface area contributed by atoms with Crippen LogP contribution in [0.1, 0.15) is 30.1 Å². The van der Waals surface area contributed by atoms with Crippen molar-refractivity contribution >= 4 is 0 Å². The number of halogens is 3. The number of ether oxygens (including phenoxy) is 1. The first kappa shape index (κ1) is 13.4. The van der Waals surface area contributed by atoms with E-state index in [1.165, 1.54) is 25.3 Å². The maximum Gasteiger partial charge on any atom is 0.416 e. The summed E-state index contributed by atoms with van der Waals surface area (Å²) < 4.78 is 43.7. The summed E-state index contributed by atoms with van der Waals surface area (Å²) in [5.41, 5.74) is -0.899. The van der Waals surface area contributed by atoms with Crippen LogP contribution in [0.3, 0.4) is 0 Å². The molecule has 2 unspecified atom stereocenters. The second-order valence-corrected chi connectivity index (χ2v) is 4.57. The van der Waals surface area contributed by atoms with Gasteiger partial charge in [0.05, 0.1) is 11.7 Å². The summed E-state index contributed by atoms with van der Waals surface area (Å²) in [6.07, 6.45) is -4.47. The first-order valence-corrected chi connectivity index (χ1v) is 5.82. The molecule has 100 valence electrons. The molecule has 1 aliphatic carbocycles. The second-order valence-electron chi connectivity index (χ2n) is 4.57. The SMILES string of the molecule is COC(C1CC1)C(O)c1ccccc1C(F)(F)F. The molecule has 1 saturated carbocycles. The number of aliphatic hydroxyl groups is 1. The van der Waals surface area contributed by atoms with E-state index in [2.05, 4.69) is 0 Å². The van der Waals surface area contributed by atoms with E-state index >= 15 is 0 Å². The van der Waals surface area contributed by atoms with Crippen LogP contribution in [0.2, 0.25) is 0 Å². The molecule has 2 rings (SSSR count). The van der Waals surface area contributed by atoms with Crippen LogP contribution in [0.5, 0.6) is 0 Å². The fourth-order valence-corrected chi connectivity index (χ4v) is 2.19. The molecule has 1 aromatic carbocycles. The summed E-state index contributed by atoms with van der Waals surface area (Å²) in [6, 6.07) is 5.10. The van der Waals surface area contributed by atoms with Crippen molar-refractivity contribution in [3.8, 4) is 0 Å². The number of rotatable bonds is 4. The second kappa shape index (κ2) is 4.90. The smallest absolute Gasteiger partial charge is 0.386 e. The molecule has 0 saturated heterocycles. The van der Waals surface area contributed by atoms with Gasteiger partial charge in [0, 0.05) is 7.11 Å². The Morgan fingerprint density at radius 3 is 2.39 bits per heavy atom. The highest BCUT2D eigenvalue weighted by atomic mass is 19.4. The Morgan fingerprint density at radius 1 is 1.28 bits per heavy atom. The van der Waals surface area contributed by atoms with Crippen molar-refractivity contribution in [1.82, 2.24) is 0 Å². The molecular formula is C13H15F3O2. The lowest BCUT2D eigenvalue weighted by atomic mass is 9.96. The van der Waals surface area contributed by atoms with Gasteiger partial charge in [-0.1, -0.05) is 18.2 Å². The zero-order chi connectivity index (χ0) is 13.3. The zero-order valence-corrected chi connectivity index (χ0v) is 9.95. The average molecular weight is 260 g/mol. The third-order valence-corrected chi connectivity index (χ3v) is 3.25. The monoisotopic (exact) mass is 260 g/mol. The summed E-state index contributed by atoms with van der Waals surface area (Å²) in [5.74, 6) is 0.159.